The number of nitrogens with two attached hydrogens (primary N) is 1. The molecule has 0 spiro atoms. The molecule has 0 saturated carbocycles. The van der Waals surface area contributed by atoms with E-state index in [-0.39, 0.29) is 11.0 Å². The van der Waals surface area contributed by atoms with E-state index in [4.69, 9.17) is 20.0 Å². The van der Waals surface area contributed by atoms with E-state index in [1.54, 1.807) is 48.2 Å². The normalized spacial score (nSPS) is 13.6. The Kier molecular flexibility index (Phi) is 6.08. The quantitative estimate of drug-likeness (QED) is 0.259. The van der Waals surface area contributed by atoms with Crippen LogP contribution in [-0.2, 0) is 6.42 Å². The molecule has 9 heteroatoms. The van der Waals surface area contributed by atoms with Gasteiger partial charge in [-0.25, -0.2) is 19.0 Å². The second-order valence-electron chi connectivity index (χ2n) is 10.3. The fraction of sp³-hybridized carbons (Fsp3) is 0.152. The van der Waals surface area contributed by atoms with Crippen LogP contribution in [0.1, 0.15) is 42.0 Å². The Hall–Kier alpha value is -5.31. The van der Waals surface area contributed by atoms with Crippen molar-refractivity contribution in [3.05, 3.63) is 112 Å². The van der Waals surface area contributed by atoms with Crippen molar-refractivity contribution >= 4 is 39.5 Å². The number of benzene rings is 3. The lowest BCUT2D eigenvalue weighted by molar-refractivity contribution is 0.414. The maximum absolute atomic E-state index is 14.4. The number of ether oxygens (including phenoxy) is 1. The molecule has 0 saturated heterocycles. The average molecular weight is 560 g/mol. The van der Waals surface area contributed by atoms with Crippen molar-refractivity contribution in [1.82, 2.24) is 19.7 Å². The van der Waals surface area contributed by atoms with Gasteiger partial charge in [-0.3, -0.25) is 4.79 Å². The van der Waals surface area contributed by atoms with Gasteiger partial charge in [-0.1, -0.05) is 30.3 Å². The first-order valence-corrected chi connectivity index (χ1v) is 13.6. The van der Waals surface area contributed by atoms with Crippen LogP contribution in [-0.4, -0.2) is 26.9 Å². The summed E-state index contributed by atoms with van der Waals surface area (Å²) in [7, 11) is 1.66. The van der Waals surface area contributed by atoms with Gasteiger partial charge in [-0.05, 0) is 84.5 Å². The summed E-state index contributed by atoms with van der Waals surface area (Å²) in [6.07, 6.45) is 5.04. The summed E-state index contributed by atoms with van der Waals surface area (Å²) in [6, 6.07) is 18.4. The highest BCUT2D eigenvalue weighted by atomic mass is 19.1. The third-order valence-electron chi connectivity index (χ3n) is 7.85. The Morgan fingerprint density at radius 1 is 1.05 bits per heavy atom. The fourth-order valence-corrected chi connectivity index (χ4v) is 5.75. The summed E-state index contributed by atoms with van der Waals surface area (Å²) >= 11 is 0. The molecule has 0 radical (unpaired) electrons. The minimum Gasteiger partial charge on any atom is -0.497 e. The van der Waals surface area contributed by atoms with E-state index in [9.17, 15) is 9.18 Å². The summed E-state index contributed by atoms with van der Waals surface area (Å²) in [5.41, 5.74) is 11.7. The second-order valence-corrected chi connectivity index (χ2v) is 10.3. The number of nitrogens with zero attached hydrogens (tertiary/aromatic N) is 4. The van der Waals surface area contributed by atoms with Crippen molar-refractivity contribution in [1.29, 1.82) is 0 Å². The number of nitrogen functional groups attached to an aromatic ring is 1. The van der Waals surface area contributed by atoms with Gasteiger partial charge in [0.25, 0.3) is 0 Å². The molecule has 1 unspecified atom stereocenters. The van der Waals surface area contributed by atoms with Gasteiger partial charge in [0.1, 0.15) is 46.8 Å². The SMILES string of the molecule is COc1ccc2c(c1)CCC(c1nn(C(C)c3oc4ccccc4c(=O)c3-c3cccc(F)c3)c3ncnc(N)c13)=C2. The minimum absolute atomic E-state index is 0.253. The number of aromatic nitrogens is 4. The minimum atomic E-state index is -0.605. The van der Waals surface area contributed by atoms with Crippen molar-refractivity contribution < 1.29 is 13.5 Å². The van der Waals surface area contributed by atoms with E-state index in [1.807, 2.05) is 19.1 Å². The average Bonchev–Trinajstić information content (AvgIpc) is 3.41. The molecule has 3 heterocycles. The molecule has 0 aliphatic heterocycles. The summed E-state index contributed by atoms with van der Waals surface area (Å²) in [4.78, 5) is 22.7. The molecule has 6 aromatic rings. The molecule has 1 aliphatic rings. The molecule has 7 rings (SSSR count). The first-order valence-electron chi connectivity index (χ1n) is 13.6. The molecule has 2 N–H and O–H groups in total. The van der Waals surface area contributed by atoms with Crippen molar-refractivity contribution in [2.45, 2.75) is 25.8 Å². The monoisotopic (exact) mass is 559 g/mol. The van der Waals surface area contributed by atoms with Crippen molar-refractivity contribution in [3.63, 3.8) is 0 Å². The Bertz CT molecular complexity index is 2110. The predicted octanol–water partition coefficient (Wildman–Crippen LogP) is 6.43. The van der Waals surface area contributed by atoms with Gasteiger partial charge in [0.2, 0.25) is 5.43 Å². The zero-order valence-corrected chi connectivity index (χ0v) is 23.0. The second kappa shape index (κ2) is 9.95. The molecule has 3 aromatic heterocycles. The first kappa shape index (κ1) is 25.6. The van der Waals surface area contributed by atoms with E-state index >= 15 is 0 Å². The number of hydrogen-bond donors (Lipinski definition) is 1. The summed E-state index contributed by atoms with van der Waals surface area (Å²) in [5.74, 6) is 1.01. The van der Waals surface area contributed by atoms with E-state index in [0.717, 1.165) is 29.7 Å². The van der Waals surface area contributed by atoms with Gasteiger partial charge in [0, 0.05) is 0 Å². The Morgan fingerprint density at radius 2 is 1.90 bits per heavy atom. The highest BCUT2D eigenvalue weighted by Crippen LogP contribution is 2.38. The molecule has 208 valence electrons. The lowest BCUT2D eigenvalue weighted by Crippen LogP contribution is -2.16. The maximum Gasteiger partial charge on any atom is 0.200 e. The van der Waals surface area contributed by atoms with Crippen LogP contribution in [0.25, 0.3) is 44.8 Å². The number of para-hydroxylation sites is 1. The van der Waals surface area contributed by atoms with Gasteiger partial charge in [0.15, 0.2) is 5.65 Å². The van der Waals surface area contributed by atoms with E-state index in [1.165, 1.54) is 24.0 Å². The Balaban J connectivity index is 1.44. The molecule has 8 nitrogen and oxygen atoms in total. The predicted molar refractivity (Wildman–Crippen MR) is 161 cm³/mol. The third-order valence-corrected chi connectivity index (χ3v) is 7.85. The summed E-state index contributed by atoms with van der Waals surface area (Å²) < 4.78 is 27.9. The van der Waals surface area contributed by atoms with Crippen LogP contribution in [0.4, 0.5) is 10.2 Å². The van der Waals surface area contributed by atoms with Crippen molar-refractivity contribution in [3.8, 4) is 16.9 Å². The van der Waals surface area contributed by atoms with Crippen LogP contribution < -0.4 is 15.9 Å². The summed E-state index contributed by atoms with van der Waals surface area (Å²) in [5, 5.41) is 6.06. The van der Waals surface area contributed by atoms with Crippen LogP contribution in [0, 0.1) is 5.82 Å². The fourth-order valence-electron chi connectivity index (χ4n) is 5.75. The van der Waals surface area contributed by atoms with E-state index in [0.29, 0.717) is 44.8 Å². The molecule has 3 aromatic carbocycles. The Morgan fingerprint density at radius 3 is 2.74 bits per heavy atom. The topological polar surface area (TPSA) is 109 Å². The number of aryl methyl sites for hydroxylation is 1. The van der Waals surface area contributed by atoms with Gasteiger partial charge >= 0.3 is 0 Å². The number of allylic oxidation sites excluding steroid dienone is 1. The van der Waals surface area contributed by atoms with Gasteiger partial charge < -0.3 is 14.9 Å². The van der Waals surface area contributed by atoms with Crippen LogP contribution >= 0.6 is 0 Å². The number of halogens is 1. The molecular weight excluding hydrogens is 533 g/mol. The smallest absolute Gasteiger partial charge is 0.200 e. The number of fused-ring (bicyclic) bond motifs is 3. The number of hydrogen-bond acceptors (Lipinski definition) is 7. The Labute approximate surface area is 239 Å². The lowest BCUT2D eigenvalue weighted by atomic mass is 9.90. The largest absolute Gasteiger partial charge is 0.497 e. The number of rotatable bonds is 5. The third kappa shape index (κ3) is 4.13. The highest BCUT2D eigenvalue weighted by Gasteiger charge is 2.28. The number of methoxy groups -OCH3 is 1. The first-order chi connectivity index (χ1) is 20.4. The van der Waals surface area contributed by atoms with E-state index in [2.05, 4.69) is 22.1 Å². The van der Waals surface area contributed by atoms with Crippen LogP contribution in [0.15, 0.2) is 82.3 Å². The van der Waals surface area contributed by atoms with Crippen LogP contribution in [0.2, 0.25) is 0 Å². The molecule has 1 aliphatic carbocycles. The molecule has 0 bridgehead atoms. The molecule has 1 atom stereocenters. The lowest BCUT2D eigenvalue weighted by Gasteiger charge is -2.18. The van der Waals surface area contributed by atoms with Gasteiger partial charge in [-0.2, -0.15) is 5.10 Å². The van der Waals surface area contributed by atoms with Gasteiger partial charge in [-0.15, -0.1) is 0 Å². The van der Waals surface area contributed by atoms with Gasteiger partial charge in [0.05, 0.1) is 23.4 Å². The van der Waals surface area contributed by atoms with Crippen LogP contribution in [0.5, 0.6) is 5.75 Å². The van der Waals surface area contributed by atoms with Crippen molar-refractivity contribution in [2.75, 3.05) is 12.8 Å². The molecule has 42 heavy (non-hydrogen) atoms. The zero-order valence-electron chi connectivity index (χ0n) is 23.0. The molecule has 0 fully saturated rings. The van der Waals surface area contributed by atoms with Crippen molar-refractivity contribution in [2.24, 2.45) is 0 Å². The van der Waals surface area contributed by atoms with E-state index < -0.39 is 11.9 Å². The summed E-state index contributed by atoms with van der Waals surface area (Å²) in [6.45, 7) is 1.88. The zero-order chi connectivity index (χ0) is 29.0. The molecular formula is C33H26FN5O3. The highest BCUT2D eigenvalue weighted by molar-refractivity contribution is 5.99. The maximum atomic E-state index is 14.4. The standard InChI is InChI=1S/C33H26FN5O3/c1-18(31-27(21-6-5-7-23(34)15-21)30(40)25-8-3-4-9-26(25)42-31)39-33-28(32(35)36-17-37-33)29(38-39)22-11-10-20-16-24(41-2)13-12-19(20)14-22/h3-9,12-18H,10-11H2,1-2H3,(H2,35,36,37). The number of anilines is 1. The van der Waals surface area contributed by atoms with Crippen LogP contribution in [0.3, 0.4) is 0 Å². The molecule has 0 amide bonds.